The Kier molecular flexibility index (Phi) is 4.28. The van der Waals surface area contributed by atoms with Gasteiger partial charge in [-0.2, -0.15) is 0 Å². The first-order chi connectivity index (χ1) is 11.5. The average Bonchev–Trinajstić information content (AvgIpc) is 2.81. The van der Waals surface area contributed by atoms with Crippen molar-refractivity contribution in [2.24, 2.45) is 0 Å². The molecule has 0 spiro atoms. The maximum Gasteiger partial charge on any atom is 0.281 e. The van der Waals surface area contributed by atoms with Gasteiger partial charge in [0.05, 0.1) is 16.2 Å². The Morgan fingerprint density at radius 1 is 1.21 bits per heavy atom. The van der Waals surface area contributed by atoms with E-state index in [0.29, 0.717) is 16.3 Å². The smallest absolute Gasteiger partial charge is 0.281 e. The van der Waals surface area contributed by atoms with Crippen LogP contribution in [0.25, 0.3) is 6.08 Å². The highest BCUT2D eigenvalue weighted by Gasteiger charge is 2.32. The van der Waals surface area contributed by atoms with Gasteiger partial charge in [-0.05, 0) is 42.6 Å². The predicted octanol–water partition coefficient (Wildman–Crippen LogP) is 3.51. The zero-order valence-electron chi connectivity index (χ0n) is 12.1. The summed E-state index contributed by atoms with van der Waals surface area (Å²) >= 11 is 11.1. The second-order valence-corrected chi connectivity index (χ2v) is 5.75. The van der Waals surface area contributed by atoms with E-state index in [2.05, 4.69) is 5.32 Å². The van der Waals surface area contributed by atoms with Crippen molar-refractivity contribution in [2.75, 3.05) is 4.90 Å². The molecule has 0 aliphatic carbocycles. The third kappa shape index (κ3) is 2.99. The minimum atomic E-state index is -0.501. The fraction of sp³-hybridized carbons (Fsp3) is 0. The van der Waals surface area contributed by atoms with E-state index in [9.17, 15) is 14.9 Å². The summed E-state index contributed by atoms with van der Waals surface area (Å²) < 4.78 is 0. The second kappa shape index (κ2) is 6.38. The highest BCUT2D eigenvalue weighted by Crippen LogP contribution is 2.26. The number of thiocarbonyl (C=S) groups is 1. The van der Waals surface area contributed by atoms with Crippen LogP contribution in [-0.4, -0.2) is 15.9 Å². The molecule has 0 unspecified atom stereocenters. The Hall–Kier alpha value is -2.77. The van der Waals surface area contributed by atoms with E-state index in [1.165, 1.54) is 17.0 Å². The number of hydrogen-bond donors (Lipinski definition) is 1. The number of carbonyl (C=O) groups is 1. The molecule has 0 atom stereocenters. The zero-order valence-corrected chi connectivity index (χ0v) is 13.7. The summed E-state index contributed by atoms with van der Waals surface area (Å²) in [7, 11) is 0. The number of anilines is 1. The number of rotatable bonds is 3. The molecular weight excluding hydrogens is 350 g/mol. The molecular formula is C16H10ClN3O3S. The first kappa shape index (κ1) is 16.1. The fourth-order valence-electron chi connectivity index (χ4n) is 2.32. The second-order valence-electron chi connectivity index (χ2n) is 4.92. The maximum atomic E-state index is 12.6. The quantitative estimate of drug-likeness (QED) is 0.393. The van der Waals surface area contributed by atoms with Gasteiger partial charge in [-0.3, -0.25) is 19.8 Å². The van der Waals surface area contributed by atoms with Crippen LogP contribution >= 0.6 is 23.8 Å². The summed E-state index contributed by atoms with van der Waals surface area (Å²) in [5, 5.41) is 14.5. The molecule has 0 radical (unpaired) electrons. The van der Waals surface area contributed by atoms with E-state index >= 15 is 0 Å². The molecule has 0 saturated carbocycles. The van der Waals surface area contributed by atoms with Crippen molar-refractivity contribution in [1.82, 2.24) is 5.32 Å². The highest BCUT2D eigenvalue weighted by molar-refractivity contribution is 7.80. The van der Waals surface area contributed by atoms with Crippen LogP contribution < -0.4 is 10.2 Å². The van der Waals surface area contributed by atoms with E-state index in [4.69, 9.17) is 23.8 Å². The van der Waals surface area contributed by atoms with Crippen LogP contribution in [0.5, 0.6) is 0 Å². The van der Waals surface area contributed by atoms with Crippen LogP contribution in [0.15, 0.2) is 54.2 Å². The van der Waals surface area contributed by atoms with Crippen molar-refractivity contribution in [3.63, 3.8) is 0 Å². The molecule has 24 heavy (non-hydrogen) atoms. The van der Waals surface area contributed by atoms with Gasteiger partial charge in [0, 0.05) is 11.1 Å². The topological polar surface area (TPSA) is 75.5 Å². The lowest BCUT2D eigenvalue weighted by molar-refractivity contribution is -0.385. The molecule has 3 rings (SSSR count). The first-order valence-electron chi connectivity index (χ1n) is 6.83. The number of hydrogen-bond acceptors (Lipinski definition) is 4. The molecule has 2 aromatic carbocycles. The summed E-state index contributed by atoms with van der Waals surface area (Å²) in [6.07, 6.45) is 1.41. The molecule has 8 heteroatoms. The normalized spacial score (nSPS) is 15.7. The molecule has 120 valence electrons. The lowest BCUT2D eigenvalue weighted by atomic mass is 10.1. The molecule has 1 aliphatic heterocycles. The molecule has 0 bridgehead atoms. The summed E-state index contributed by atoms with van der Waals surface area (Å²) in [6, 6.07) is 12.9. The number of para-hydroxylation sites is 1. The van der Waals surface area contributed by atoms with Crippen LogP contribution in [0, 0.1) is 10.1 Å². The molecule has 1 N–H and O–H groups in total. The SMILES string of the molecule is O=C1/C(=C/c2ccccc2[N+](=O)[O-])NC(=S)N1c1cccc(Cl)c1. The van der Waals surface area contributed by atoms with Gasteiger partial charge in [-0.15, -0.1) is 0 Å². The van der Waals surface area contributed by atoms with Gasteiger partial charge in [0.15, 0.2) is 5.11 Å². The Labute approximate surface area is 147 Å². The molecule has 1 aliphatic rings. The lowest BCUT2D eigenvalue weighted by Crippen LogP contribution is -2.30. The molecule has 2 aromatic rings. The van der Waals surface area contributed by atoms with Crippen LogP contribution in [0.4, 0.5) is 11.4 Å². The largest absolute Gasteiger partial charge is 0.327 e. The van der Waals surface area contributed by atoms with Crippen molar-refractivity contribution < 1.29 is 9.72 Å². The number of carbonyl (C=O) groups excluding carboxylic acids is 1. The summed E-state index contributed by atoms with van der Waals surface area (Å²) in [4.78, 5) is 24.5. The zero-order chi connectivity index (χ0) is 17.3. The van der Waals surface area contributed by atoms with E-state index in [-0.39, 0.29) is 16.5 Å². The molecule has 1 saturated heterocycles. The van der Waals surface area contributed by atoms with Crippen LogP contribution in [0.3, 0.4) is 0 Å². The van der Waals surface area contributed by atoms with Gasteiger partial charge in [0.25, 0.3) is 11.6 Å². The number of nitro benzene ring substituents is 1. The van der Waals surface area contributed by atoms with Crippen molar-refractivity contribution >= 4 is 52.3 Å². The third-order valence-electron chi connectivity index (χ3n) is 3.38. The lowest BCUT2D eigenvalue weighted by Gasteiger charge is -2.13. The summed E-state index contributed by atoms with van der Waals surface area (Å²) in [6.45, 7) is 0. The van der Waals surface area contributed by atoms with Gasteiger partial charge >= 0.3 is 0 Å². The molecule has 6 nitrogen and oxygen atoms in total. The molecule has 1 fully saturated rings. The minimum Gasteiger partial charge on any atom is -0.327 e. The van der Waals surface area contributed by atoms with Crippen molar-refractivity contribution in [3.8, 4) is 0 Å². The Balaban J connectivity index is 1.99. The maximum absolute atomic E-state index is 12.6. The average molecular weight is 360 g/mol. The minimum absolute atomic E-state index is 0.0910. The van der Waals surface area contributed by atoms with Crippen LogP contribution in [0.1, 0.15) is 5.56 Å². The molecule has 1 amide bonds. The number of amides is 1. The van der Waals surface area contributed by atoms with Crippen LogP contribution in [0.2, 0.25) is 5.02 Å². The number of halogens is 1. The van der Waals surface area contributed by atoms with E-state index in [0.717, 1.165) is 0 Å². The summed E-state index contributed by atoms with van der Waals surface area (Å²) in [5.41, 5.74) is 0.908. The summed E-state index contributed by atoms with van der Waals surface area (Å²) in [5.74, 6) is -0.402. The number of nitrogens with one attached hydrogen (secondary N) is 1. The Morgan fingerprint density at radius 3 is 2.67 bits per heavy atom. The standard InChI is InChI=1S/C16H10ClN3O3S/c17-11-5-3-6-12(9-11)19-15(21)13(18-16(19)24)8-10-4-1-2-7-14(10)20(22)23/h1-9H,(H,18,24)/b13-8-. The van der Waals surface area contributed by atoms with Gasteiger partial charge in [0.1, 0.15) is 5.70 Å². The third-order valence-corrected chi connectivity index (χ3v) is 3.90. The molecule has 1 heterocycles. The van der Waals surface area contributed by atoms with Crippen LogP contribution in [-0.2, 0) is 4.79 Å². The van der Waals surface area contributed by atoms with E-state index in [1.807, 2.05) is 0 Å². The Bertz CT molecular complexity index is 898. The van der Waals surface area contributed by atoms with E-state index < -0.39 is 10.8 Å². The predicted molar refractivity (Wildman–Crippen MR) is 95.7 cm³/mol. The van der Waals surface area contributed by atoms with E-state index in [1.54, 1.807) is 42.5 Å². The Morgan fingerprint density at radius 2 is 1.96 bits per heavy atom. The highest BCUT2D eigenvalue weighted by atomic mass is 35.5. The number of nitrogens with zero attached hydrogens (tertiary/aromatic N) is 2. The monoisotopic (exact) mass is 359 g/mol. The number of benzene rings is 2. The fourth-order valence-corrected chi connectivity index (χ4v) is 2.80. The van der Waals surface area contributed by atoms with Gasteiger partial charge < -0.3 is 5.32 Å². The van der Waals surface area contributed by atoms with Gasteiger partial charge in [-0.1, -0.05) is 29.8 Å². The van der Waals surface area contributed by atoms with Crippen molar-refractivity contribution in [1.29, 1.82) is 0 Å². The van der Waals surface area contributed by atoms with Crippen molar-refractivity contribution in [3.05, 3.63) is 74.9 Å². The van der Waals surface area contributed by atoms with Gasteiger partial charge in [-0.25, -0.2) is 0 Å². The first-order valence-corrected chi connectivity index (χ1v) is 7.62. The molecule has 0 aromatic heterocycles. The van der Waals surface area contributed by atoms with Gasteiger partial charge in [0.2, 0.25) is 0 Å². The number of nitro groups is 1. The van der Waals surface area contributed by atoms with Crippen molar-refractivity contribution in [2.45, 2.75) is 0 Å².